The van der Waals surface area contributed by atoms with Crippen LogP contribution in [-0.2, 0) is 6.42 Å². The van der Waals surface area contributed by atoms with Crippen molar-refractivity contribution >= 4 is 17.6 Å². The first-order valence-electron chi connectivity index (χ1n) is 5.28. The topological polar surface area (TPSA) is 30.0 Å². The molecule has 0 spiro atoms. The van der Waals surface area contributed by atoms with Crippen molar-refractivity contribution in [1.29, 1.82) is 0 Å². The molecule has 1 aliphatic carbocycles. The van der Waals surface area contributed by atoms with Gasteiger partial charge < -0.3 is 0 Å². The summed E-state index contributed by atoms with van der Waals surface area (Å²) in [6, 6.07) is 0. The highest BCUT2D eigenvalue weighted by Gasteiger charge is 2.15. The predicted octanol–water partition coefficient (Wildman–Crippen LogP) is 3.08. The zero-order valence-electron chi connectivity index (χ0n) is 8.24. The molecule has 1 heterocycles. The minimum atomic E-state index is 0.598. The fourth-order valence-corrected chi connectivity index (χ4v) is 2.97. The number of hydrogen-bond acceptors (Lipinski definition) is 3. The molecular formula is C11H15NOS. The molecule has 76 valence electrons. The molecule has 1 aromatic heterocycles. The van der Waals surface area contributed by atoms with Gasteiger partial charge in [-0.15, -0.1) is 11.3 Å². The third-order valence-corrected chi connectivity index (χ3v) is 3.77. The second-order valence-corrected chi connectivity index (χ2v) is 4.93. The summed E-state index contributed by atoms with van der Waals surface area (Å²) in [6.45, 7) is 0. The molecule has 0 radical (unpaired) electrons. The molecular weight excluding hydrogens is 194 g/mol. The standard InChI is InChI=1S/C11H15NOS/c13-7-10-8-14-11(12-10)6-9-4-2-1-3-5-9/h7-9H,1-6H2. The van der Waals surface area contributed by atoms with Crippen LogP contribution in [0.5, 0.6) is 0 Å². The minimum Gasteiger partial charge on any atom is -0.296 e. The Bertz CT molecular complexity index is 302. The van der Waals surface area contributed by atoms with E-state index in [0.717, 1.165) is 23.6 Å². The summed E-state index contributed by atoms with van der Waals surface area (Å²) < 4.78 is 0. The van der Waals surface area contributed by atoms with Crippen molar-refractivity contribution in [2.24, 2.45) is 5.92 Å². The zero-order valence-corrected chi connectivity index (χ0v) is 9.05. The third-order valence-electron chi connectivity index (χ3n) is 2.88. The molecule has 2 nitrogen and oxygen atoms in total. The summed E-state index contributed by atoms with van der Waals surface area (Å²) in [5.74, 6) is 0.814. The van der Waals surface area contributed by atoms with Crippen LogP contribution in [0.2, 0.25) is 0 Å². The molecule has 1 aromatic rings. The van der Waals surface area contributed by atoms with Gasteiger partial charge in [0.15, 0.2) is 6.29 Å². The minimum absolute atomic E-state index is 0.598. The third kappa shape index (κ3) is 2.41. The Morgan fingerprint density at radius 3 is 2.86 bits per heavy atom. The normalized spacial score (nSPS) is 18.3. The first-order valence-corrected chi connectivity index (χ1v) is 6.16. The Balaban J connectivity index is 1.92. The van der Waals surface area contributed by atoms with Crippen LogP contribution in [0.4, 0.5) is 0 Å². The van der Waals surface area contributed by atoms with Crippen molar-refractivity contribution in [2.75, 3.05) is 0 Å². The van der Waals surface area contributed by atoms with Crippen molar-refractivity contribution in [3.63, 3.8) is 0 Å². The van der Waals surface area contributed by atoms with E-state index in [0.29, 0.717) is 5.69 Å². The lowest BCUT2D eigenvalue weighted by molar-refractivity contribution is 0.111. The largest absolute Gasteiger partial charge is 0.296 e. The summed E-state index contributed by atoms with van der Waals surface area (Å²) in [4.78, 5) is 14.7. The number of rotatable bonds is 3. The van der Waals surface area contributed by atoms with Gasteiger partial charge in [-0.1, -0.05) is 32.1 Å². The second kappa shape index (κ2) is 4.69. The Morgan fingerprint density at radius 2 is 2.21 bits per heavy atom. The number of carbonyl (C=O) groups excluding carboxylic acids is 1. The smallest absolute Gasteiger partial charge is 0.169 e. The molecule has 14 heavy (non-hydrogen) atoms. The van der Waals surface area contributed by atoms with Crippen LogP contribution in [0.1, 0.15) is 47.6 Å². The zero-order chi connectivity index (χ0) is 9.80. The second-order valence-electron chi connectivity index (χ2n) is 3.99. The van der Waals surface area contributed by atoms with Gasteiger partial charge in [0, 0.05) is 11.8 Å². The van der Waals surface area contributed by atoms with Crippen molar-refractivity contribution in [3.05, 3.63) is 16.1 Å². The van der Waals surface area contributed by atoms with E-state index in [1.807, 2.05) is 5.38 Å². The molecule has 2 rings (SSSR count). The van der Waals surface area contributed by atoms with Crippen molar-refractivity contribution in [3.8, 4) is 0 Å². The molecule has 0 aliphatic heterocycles. The first kappa shape index (κ1) is 9.84. The van der Waals surface area contributed by atoms with Gasteiger partial charge in [0.1, 0.15) is 5.69 Å². The van der Waals surface area contributed by atoms with E-state index in [-0.39, 0.29) is 0 Å². The predicted molar refractivity (Wildman–Crippen MR) is 57.8 cm³/mol. The van der Waals surface area contributed by atoms with Gasteiger partial charge >= 0.3 is 0 Å². The molecule has 3 heteroatoms. The van der Waals surface area contributed by atoms with Crippen molar-refractivity contribution in [1.82, 2.24) is 4.98 Å². The van der Waals surface area contributed by atoms with Gasteiger partial charge in [0.05, 0.1) is 5.01 Å². The lowest BCUT2D eigenvalue weighted by atomic mass is 9.87. The molecule has 1 saturated carbocycles. The number of aldehydes is 1. The van der Waals surface area contributed by atoms with Gasteiger partial charge in [-0.2, -0.15) is 0 Å². The number of carbonyl (C=O) groups is 1. The van der Waals surface area contributed by atoms with Crippen LogP contribution in [0.25, 0.3) is 0 Å². The van der Waals surface area contributed by atoms with E-state index >= 15 is 0 Å². The van der Waals surface area contributed by atoms with Gasteiger partial charge in [-0.3, -0.25) is 4.79 Å². The van der Waals surface area contributed by atoms with E-state index in [2.05, 4.69) is 4.98 Å². The summed E-state index contributed by atoms with van der Waals surface area (Å²) in [7, 11) is 0. The molecule has 0 aromatic carbocycles. The maximum atomic E-state index is 10.5. The maximum absolute atomic E-state index is 10.5. The molecule has 0 bridgehead atoms. The number of nitrogens with zero attached hydrogens (tertiary/aromatic N) is 1. The fraction of sp³-hybridized carbons (Fsp3) is 0.636. The average molecular weight is 209 g/mol. The van der Waals surface area contributed by atoms with Crippen LogP contribution in [0, 0.1) is 5.92 Å². The summed E-state index contributed by atoms with van der Waals surface area (Å²) in [5.41, 5.74) is 0.598. The Kier molecular flexibility index (Phi) is 3.30. The maximum Gasteiger partial charge on any atom is 0.169 e. The Labute approximate surface area is 88.4 Å². The Morgan fingerprint density at radius 1 is 1.43 bits per heavy atom. The summed E-state index contributed by atoms with van der Waals surface area (Å²) in [6.07, 6.45) is 8.74. The van der Waals surface area contributed by atoms with E-state index < -0.39 is 0 Å². The average Bonchev–Trinajstić information content (AvgIpc) is 2.67. The number of hydrogen-bond donors (Lipinski definition) is 0. The van der Waals surface area contributed by atoms with Gasteiger partial charge in [-0.25, -0.2) is 4.98 Å². The molecule has 1 fully saturated rings. The van der Waals surface area contributed by atoms with Crippen LogP contribution < -0.4 is 0 Å². The lowest BCUT2D eigenvalue weighted by Gasteiger charge is -2.20. The van der Waals surface area contributed by atoms with Crippen molar-refractivity contribution < 1.29 is 4.79 Å². The van der Waals surface area contributed by atoms with Gasteiger partial charge in [0.2, 0.25) is 0 Å². The summed E-state index contributed by atoms with van der Waals surface area (Å²) in [5, 5.41) is 2.99. The van der Waals surface area contributed by atoms with Crippen molar-refractivity contribution in [2.45, 2.75) is 38.5 Å². The Hall–Kier alpha value is -0.700. The van der Waals surface area contributed by atoms with E-state index in [4.69, 9.17) is 0 Å². The monoisotopic (exact) mass is 209 g/mol. The van der Waals surface area contributed by atoms with E-state index in [9.17, 15) is 4.79 Å². The molecule has 0 amide bonds. The first-order chi connectivity index (χ1) is 6.88. The van der Waals surface area contributed by atoms with Crippen LogP contribution in [-0.4, -0.2) is 11.3 Å². The fourth-order valence-electron chi connectivity index (χ4n) is 2.11. The van der Waals surface area contributed by atoms with E-state index in [1.165, 1.54) is 32.1 Å². The SMILES string of the molecule is O=Cc1csc(CC2CCCCC2)n1. The molecule has 0 atom stereocenters. The number of aromatic nitrogens is 1. The molecule has 0 saturated heterocycles. The highest BCUT2D eigenvalue weighted by atomic mass is 32.1. The summed E-state index contributed by atoms with van der Waals surface area (Å²) >= 11 is 1.63. The van der Waals surface area contributed by atoms with Crippen LogP contribution in [0.15, 0.2) is 5.38 Å². The van der Waals surface area contributed by atoms with E-state index in [1.54, 1.807) is 11.3 Å². The highest BCUT2D eigenvalue weighted by molar-refractivity contribution is 7.09. The number of thiazole rings is 1. The quantitative estimate of drug-likeness (QED) is 0.716. The molecule has 1 aliphatic rings. The van der Waals surface area contributed by atoms with Crippen LogP contribution >= 0.6 is 11.3 Å². The lowest BCUT2D eigenvalue weighted by Crippen LogP contribution is -2.09. The highest BCUT2D eigenvalue weighted by Crippen LogP contribution is 2.27. The van der Waals surface area contributed by atoms with Crippen LogP contribution in [0.3, 0.4) is 0 Å². The van der Waals surface area contributed by atoms with Gasteiger partial charge in [-0.05, 0) is 5.92 Å². The molecule has 0 unspecified atom stereocenters. The van der Waals surface area contributed by atoms with Gasteiger partial charge in [0.25, 0.3) is 0 Å². The molecule has 0 N–H and O–H groups in total.